The fourth-order valence-corrected chi connectivity index (χ4v) is 5.13. The second-order valence-corrected chi connectivity index (χ2v) is 9.15. The Balaban J connectivity index is 1.36. The molecule has 9 nitrogen and oxygen atoms in total. The van der Waals surface area contributed by atoms with E-state index in [4.69, 9.17) is 4.74 Å². The quantitative estimate of drug-likeness (QED) is 0.370. The van der Waals surface area contributed by atoms with Crippen molar-refractivity contribution in [2.45, 2.75) is 33.2 Å². The van der Waals surface area contributed by atoms with Gasteiger partial charge in [-0.3, -0.25) is 24.1 Å². The summed E-state index contributed by atoms with van der Waals surface area (Å²) in [6, 6.07) is 5.39. The van der Waals surface area contributed by atoms with E-state index in [-0.39, 0.29) is 35.5 Å². The number of hydrogen-bond donors (Lipinski definition) is 2. The molecular weight excluding hydrogens is 426 g/mol. The standard InChI is InChI=1S/C24H27N3O6/c1-12(2)21(27-22(30)19-14-4-5-15(10-14)20(19)23(27)31)24(32)33-11-18(29)26-17-8-6-16(7-9-17)25-13(3)28/h4-9,12,14-15,19-21H,10-11H2,1-3H3,(H,25,28)(H,26,29)/t14-,15-,19-,20+,21-/m0/s1. The summed E-state index contributed by atoms with van der Waals surface area (Å²) in [6.45, 7) is 4.32. The lowest BCUT2D eigenvalue weighted by Crippen LogP contribution is -2.50. The Bertz CT molecular complexity index is 1000. The molecule has 0 spiro atoms. The van der Waals surface area contributed by atoms with Crippen LogP contribution in [0.4, 0.5) is 11.4 Å². The monoisotopic (exact) mass is 453 g/mol. The van der Waals surface area contributed by atoms with Crippen LogP contribution in [0.3, 0.4) is 0 Å². The highest BCUT2D eigenvalue weighted by Gasteiger charge is 2.61. The van der Waals surface area contributed by atoms with Crippen molar-refractivity contribution in [1.82, 2.24) is 4.90 Å². The lowest BCUT2D eigenvalue weighted by atomic mass is 9.85. The van der Waals surface area contributed by atoms with Crippen LogP contribution in [0.25, 0.3) is 0 Å². The van der Waals surface area contributed by atoms with Gasteiger partial charge < -0.3 is 15.4 Å². The molecule has 9 heteroatoms. The first-order valence-electron chi connectivity index (χ1n) is 11.1. The molecule has 1 heterocycles. The van der Waals surface area contributed by atoms with E-state index in [0.29, 0.717) is 11.4 Å². The molecule has 1 saturated carbocycles. The molecule has 1 aromatic carbocycles. The molecule has 1 aromatic rings. The molecule has 174 valence electrons. The molecule has 5 atom stereocenters. The van der Waals surface area contributed by atoms with E-state index in [1.165, 1.54) is 6.92 Å². The first-order valence-corrected chi connectivity index (χ1v) is 11.1. The van der Waals surface area contributed by atoms with E-state index in [9.17, 15) is 24.0 Å². The van der Waals surface area contributed by atoms with Crippen LogP contribution < -0.4 is 10.6 Å². The van der Waals surface area contributed by atoms with Gasteiger partial charge in [0.2, 0.25) is 17.7 Å². The lowest BCUT2D eigenvalue weighted by molar-refractivity contribution is -0.162. The summed E-state index contributed by atoms with van der Waals surface area (Å²) in [4.78, 5) is 63.4. The third kappa shape index (κ3) is 4.27. The van der Waals surface area contributed by atoms with Crippen LogP contribution in [0.2, 0.25) is 0 Å². The summed E-state index contributed by atoms with van der Waals surface area (Å²) in [5, 5.41) is 5.22. The number of amides is 4. The third-order valence-electron chi connectivity index (χ3n) is 6.49. The van der Waals surface area contributed by atoms with E-state index in [1.54, 1.807) is 38.1 Å². The van der Waals surface area contributed by atoms with Gasteiger partial charge in [-0.2, -0.15) is 0 Å². The minimum Gasteiger partial charge on any atom is -0.454 e. The minimum atomic E-state index is -1.07. The number of carbonyl (C=O) groups is 5. The van der Waals surface area contributed by atoms with Gasteiger partial charge in [-0.15, -0.1) is 0 Å². The Morgan fingerprint density at radius 3 is 1.97 bits per heavy atom. The van der Waals surface area contributed by atoms with E-state index in [1.807, 2.05) is 12.2 Å². The Morgan fingerprint density at radius 2 is 1.48 bits per heavy atom. The zero-order valence-corrected chi connectivity index (χ0v) is 18.7. The van der Waals surface area contributed by atoms with Crippen LogP contribution >= 0.6 is 0 Å². The maximum atomic E-state index is 13.1. The number of allylic oxidation sites excluding steroid dienone is 2. The van der Waals surface area contributed by atoms with Gasteiger partial charge in [0.05, 0.1) is 11.8 Å². The molecule has 4 amide bonds. The van der Waals surface area contributed by atoms with E-state index in [2.05, 4.69) is 10.6 Å². The predicted molar refractivity (Wildman–Crippen MR) is 119 cm³/mol. The van der Waals surface area contributed by atoms with Crippen LogP contribution in [0.15, 0.2) is 36.4 Å². The number of likely N-dealkylation sites (tertiary alicyclic amines) is 1. The molecule has 33 heavy (non-hydrogen) atoms. The number of benzene rings is 1. The van der Waals surface area contributed by atoms with Gasteiger partial charge in [-0.1, -0.05) is 26.0 Å². The molecule has 0 aromatic heterocycles. The second kappa shape index (κ2) is 8.80. The molecule has 2 bridgehead atoms. The number of imide groups is 1. The SMILES string of the molecule is CC(=O)Nc1ccc(NC(=O)COC(=O)[C@H](C(C)C)N2C(=O)[C@@H]3[C@H](C2=O)[C@H]2C=C[C@H]3C2)cc1. The van der Waals surface area contributed by atoms with E-state index in [0.717, 1.165) is 11.3 Å². The molecule has 2 fully saturated rings. The number of ether oxygens (including phenoxy) is 1. The highest BCUT2D eigenvalue weighted by Crippen LogP contribution is 2.53. The summed E-state index contributed by atoms with van der Waals surface area (Å²) < 4.78 is 5.21. The maximum absolute atomic E-state index is 13.1. The number of nitrogens with zero attached hydrogens (tertiary/aromatic N) is 1. The number of fused-ring (bicyclic) bond motifs is 5. The molecule has 2 N–H and O–H groups in total. The molecule has 1 saturated heterocycles. The third-order valence-corrected chi connectivity index (χ3v) is 6.49. The fourth-order valence-electron chi connectivity index (χ4n) is 5.13. The molecule has 3 aliphatic rings. The van der Waals surface area contributed by atoms with E-state index >= 15 is 0 Å². The van der Waals surface area contributed by atoms with Crippen LogP contribution in [0.5, 0.6) is 0 Å². The first kappa shape index (κ1) is 22.7. The van der Waals surface area contributed by atoms with Gasteiger partial charge in [0.15, 0.2) is 6.61 Å². The zero-order valence-electron chi connectivity index (χ0n) is 18.7. The molecule has 4 rings (SSSR count). The molecule has 0 radical (unpaired) electrons. The number of carbonyl (C=O) groups excluding carboxylic acids is 5. The van der Waals surface area contributed by atoms with Gasteiger partial charge >= 0.3 is 5.97 Å². The number of rotatable bonds is 7. The van der Waals surface area contributed by atoms with Gasteiger partial charge in [0.1, 0.15) is 6.04 Å². The Morgan fingerprint density at radius 1 is 0.970 bits per heavy atom. The number of esters is 1. The zero-order chi connectivity index (χ0) is 23.9. The highest BCUT2D eigenvalue weighted by atomic mass is 16.5. The summed E-state index contributed by atoms with van der Waals surface area (Å²) >= 11 is 0. The second-order valence-electron chi connectivity index (χ2n) is 9.15. The van der Waals surface area contributed by atoms with Crippen LogP contribution in [-0.2, 0) is 28.7 Å². The van der Waals surface area contributed by atoms with Crippen LogP contribution in [0, 0.1) is 29.6 Å². The van der Waals surface area contributed by atoms with Crippen molar-refractivity contribution in [3.63, 3.8) is 0 Å². The van der Waals surface area contributed by atoms with Crippen molar-refractivity contribution in [3.05, 3.63) is 36.4 Å². The van der Waals surface area contributed by atoms with Gasteiger partial charge in [-0.05, 0) is 48.4 Å². The largest absolute Gasteiger partial charge is 0.454 e. The lowest BCUT2D eigenvalue weighted by Gasteiger charge is -2.28. The first-order chi connectivity index (χ1) is 15.7. The van der Waals surface area contributed by atoms with Crippen molar-refractivity contribution in [2.24, 2.45) is 29.6 Å². The topological polar surface area (TPSA) is 122 Å². The normalized spacial score (nSPS) is 25.9. The average molecular weight is 453 g/mol. The predicted octanol–water partition coefficient (Wildman–Crippen LogP) is 1.96. The summed E-state index contributed by atoms with van der Waals surface area (Å²) in [6.07, 6.45) is 4.80. The average Bonchev–Trinajstić information content (AvgIpc) is 3.43. The maximum Gasteiger partial charge on any atom is 0.330 e. The molecule has 0 unspecified atom stereocenters. The Labute approximate surface area is 191 Å². The van der Waals surface area contributed by atoms with Crippen LogP contribution in [-0.4, -0.2) is 47.1 Å². The Hall–Kier alpha value is -3.49. The summed E-state index contributed by atoms with van der Waals surface area (Å²) in [5.41, 5.74) is 1.05. The summed E-state index contributed by atoms with van der Waals surface area (Å²) in [7, 11) is 0. The van der Waals surface area contributed by atoms with Crippen molar-refractivity contribution < 1.29 is 28.7 Å². The van der Waals surface area contributed by atoms with Crippen molar-refractivity contribution >= 4 is 41.0 Å². The Kier molecular flexibility index (Phi) is 6.05. The smallest absolute Gasteiger partial charge is 0.330 e. The van der Waals surface area contributed by atoms with Crippen LogP contribution in [0.1, 0.15) is 27.2 Å². The molecule has 2 aliphatic carbocycles. The minimum absolute atomic E-state index is 0.0492. The number of nitrogens with one attached hydrogen (secondary N) is 2. The van der Waals surface area contributed by atoms with Gasteiger partial charge in [0, 0.05) is 18.3 Å². The van der Waals surface area contributed by atoms with Crippen molar-refractivity contribution in [1.29, 1.82) is 0 Å². The number of anilines is 2. The molecule has 1 aliphatic heterocycles. The number of hydrogen-bond acceptors (Lipinski definition) is 6. The van der Waals surface area contributed by atoms with Gasteiger partial charge in [0.25, 0.3) is 5.91 Å². The molecular formula is C24H27N3O6. The van der Waals surface area contributed by atoms with Crippen molar-refractivity contribution in [3.8, 4) is 0 Å². The van der Waals surface area contributed by atoms with Gasteiger partial charge in [-0.25, -0.2) is 4.79 Å². The van der Waals surface area contributed by atoms with Crippen molar-refractivity contribution in [2.75, 3.05) is 17.2 Å². The fraction of sp³-hybridized carbons (Fsp3) is 0.458. The summed E-state index contributed by atoms with van der Waals surface area (Å²) in [5.74, 6) is -3.24. The highest BCUT2D eigenvalue weighted by molar-refractivity contribution is 6.09. The van der Waals surface area contributed by atoms with E-state index < -0.39 is 36.4 Å².